The number of halogens is 1. The highest BCUT2D eigenvalue weighted by Gasteiger charge is 2.20. The van der Waals surface area contributed by atoms with Crippen LogP contribution in [-0.4, -0.2) is 41.5 Å². The van der Waals surface area contributed by atoms with Crippen LogP contribution in [0.1, 0.15) is 24.2 Å². The van der Waals surface area contributed by atoms with Crippen LogP contribution < -0.4 is 5.32 Å². The molecule has 1 atom stereocenters. The Hall–Kier alpha value is -2.11. The van der Waals surface area contributed by atoms with E-state index in [1.165, 1.54) is 11.0 Å². The Morgan fingerprint density at radius 2 is 2.11 bits per heavy atom. The van der Waals surface area contributed by atoms with Crippen molar-refractivity contribution < 1.29 is 19.1 Å². The Balaban J connectivity index is 2.77. The monoisotopic (exact) mass is 268 g/mol. The van der Waals surface area contributed by atoms with Crippen LogP contribution >= 0.6 is 0 Å². The van der Waals surface area contributed by atoms with Gasteiger partial charge in [0, 0.05) is 19.7 Å². The summed E-state index contributed by atoms with van der Waals surface area (Å²) in [4.78, 5) is 25.1. The number of benzene rings is 1. The zero-order valence-electron chi connectivity index (χ0n) is 11.1. The molecule has 0 aliphatic carbocycles. The minimum atomic E-state index is -0.720. The zero-order valence-corrected chi connectivity index (χ0v) is 11.1. The Morgan fingerprint density at radius 3 is 2.63 bits per heavy atom. The van der Waals surface area contributed by atoms with Crippen LogP contribution in [0.15, 0.2) is 18.2 Å². The second kappa shape index (κ2) is 6.17. The van der Waals surface area contributed by atoms with Crippen molar-refractivity contribution in [3.63, 3.8) is 0 Å². The summed E-state index contributed by atoms with van der Waals surface area (Å²) in [7, 11) is 1.63. The molecule has 2 amide bonds. The molecule has 1 aromatic carbocycles. The van der Waals surface area contributed by atoms with E-state index in [0.29, 0.717) is 6.54 Å². The van der Waals surface area contributed by atoms with E-state index in [1.54, 1.807) is 14.0 Å². The molecule has 0 bridgehead atoms. The Bertz CT molecular complexity index is 491. The van der Waals surface area contributed by atoms with Crippen LogP contribution in [-0.2, 0) is 4.79 Å². The molecular weight excluding hydrogens is 251 g/mol. The number of carbonyl (C=O) groups is 2. The number of phenolic OH excluding ortho intramolecular Hbond substituents is 1. The van der Waals surface area contributed by atoms with E-state index in [0.717, 1.165) is 12.1 Å². The number of phenols is 1. The normalized spacial score (nSPS) is 11.8. The number of hydrogen-bond donors (Lipinski definition) is 2. The van der Waals surface area contributed by atoms with E-state index < -0.39 is 23.5 Å². The van der Waals surface area contributed by atoms with Crippen molar-refractivity contribution in [2.24, 2.45) is 0 Å². The molecule has 0 aliphatic heterocycles. The quantitative estimate of drug-likeness (QED) is 0.860. The van der Waals surface area contributed by atoms with Crippen molar-refractivity contribution in [2.75, 3.05) is 13.6 Å². The third-order valence-corrected chi connectivity index (χ3v) is 2.77. The predicted molar refractivity (Wildman–Crippen MR) is 68.3 cm³/mol. The minimum Gasteiger partial charge on any atom is -0.507 e. The maximum absolute atomic E-state index is 12.8. The molecule has 1 rings (SSSR count). The van der Waals surface area contributed by atoms with Crippen molar-refractivity contribution in [1.29, 1.82) is 0 Å². The molecular formula is C13H17FN2O3. The van der Waals surface area contributed by atoms with Gasteiger partial charge in [0.2, 0.25) is 5.91 Å². The number of amides is 2. The fourth-order valence-electron chi connectivity index (χ4n) is 1.52. The molecule has 19 heavy (non-hydrogen) atoms. The summed E-state index contributed by atoms with van der Waals surface area (Å²) in [5, 5.41) is 11.9. The van der Waals surface area contributed by atoms with Gasteiger partial charge in [0.25, 0.3) is 5.91 Å². The number of likely N-dealkylation sites (N-methyl/N-ethyl adjacent to an activating group) is 1. The Kier molecular flexibility index (Phi) is 4.86. The largest absolute Gasteiger partial charge is 0.507 e. The summed E-state index contributed by atoms with van der Waals surface area (Å²) in [6.45, 7) is 3.89. The minimum absolute atomic E-state index is 0.0693. The van der Waals surface area contributed by atoms with E-state index in [-0.39, 0.29) is 11.5 Å². The molecule has 0 saturated carbocycles. The highest BCUT2D eigenvalue weighted by Crippen LogP contribution is 2.17. The fourth-order valence-corrected chi connectivity index (χ4v) is 1.52. The van der Waals surface area contributed by atoms with E-state index >= 15 is 0 Å². The molecule has 0 heterocycles. The Labute approximate surface area is 111 Å². The molecule has 0 radical (unpaired) electrons. The Morgan fingerprint density at radius 1 is 1.47 bits per heavy atom. The van der Waals surface area contributed by atoms with Crippen molar-refractivity contribution in [3.8, 4) is 5.75 Å². The number of nitrogens with one attached hydrogen (secondary N) is 1. The van der Waals surface area contributed by atoms with Crippen LogP contribution in [0.5, 0.6) is 5.75 Å². The highest BCUT2D eigenvalue weighted by atomic mass is 19.1. The molecule has 6 heteroatoms. The van der Waals surface area contributed by atoms with Crippen LogP contribution in [0.2, 0.25) is 0 Å². The maximum Gasteiger partial charge on any atom is 0.255 e. The van der Waals surface area contributed by atoms with Gasteiger partial charge >= 0.3 is 0 Å². The number of carbonyl (C=O) groups excluding carboxylic acids is 2. The lowest BCUT2D eigenvalue weighted by Crippen LogP contribution is -2.45. The first-order valence-electron chi connectivity index (χ1n) is 5.91. The van der Waals surface area contributed by atoms with Crippen molar-refractivity contribution in [3.05, 3.63) is 29.6 Å². The SMILES string of the molecule is CCN(C)C(=O)C(C)NC(=O)c1ccc(F)cc1O. The van der Waals surface area contributed by atoms with Crippen molar-refractivity contribution in [2.45, 2.75) is 19.9 Å². The van der Waals surface area contributed by atoms with Crippen LogP contribution in [0.4, 0.5) is 4.39 Å². The lowest BCUT2D eigenvalue weighted by Gasteiger charge is -2.20. The summed E-state index contributed by atoms with van der Waals surface area (Å²) in [6.07, 6.45) is 0. The van der Waals surface area contributed by atoms with E-state index in [9.17, 15) is 19.1 Å². The molecule has 0 aliphatic rings. The van der Waals surface area contributed by atoms with E-state index in [2.05, 4.69) is 5.32 Å². The molecule has 2 N–H and O–H groups in total. The molecule has 1 unspecified atom stereocenters. The second-order valence-electron chi connectivity index (χ2n) is 4.21. The molecule has 0 aromatic heterocycles. The van der Waals surface area contributed by atoms with Gasteiger partial charge in [-0.2, -0.15) is 0 Å². The maximum atomic E-state index is 12.8. The topological polar surface area (TPSA) is 69.6 Å². The van der Waals surface area contributed by atoms with Gasteiger partial charge in [0.05, 0.1) is 5.56 Å². The van der Waals surface area contributed by atoms with Gasteiger partial charge in [-0.1, -0.05) is 0 Å². The molecule has 5 nitrogen and oxygen atoms in total. The van der Waals surface area contributed by atoms with Gasteiger partial charge in [-0.25, -0.2) is 4.39 Å². The molecule has 0 fully saturated rings. The zero-order chi connectivity index (χ0) is 14.6. The lowest BCUT2D eigenvalue weighted by atomic mass is 10.1. The second-order valence-corrected chi connectivity index (χ2v) is 4.21. The number of nitrogens with zero attached hydrogens (tertiary/aromatic N) is 1. The molecule has 0 spiro atoms. The predicted octanol–water partition coefficient (Wildman–Crippen LogP) is 1.13. The van der Waals surface area contributed by atoms with Crippen LogP contribution in [0.3, 0.4) is 0 Å². The summed E-state index contributed by atoms with van der Waals surface area (Å²) in [6, 6.07) is 2.36. The van der Waals surface area contributed by atoms with Gasteiger partial charge in [-0.05, 0) is 26.0 Å². The van der Waals surface area contributed by atoms with Gasteiger partial charge in [0.1, 0.15) is 17.6 Å². The first kappa shape index (κ1) is 14.9. The van der Waals surface area contributed by atoms with Gasteiger partial charge in [-0.3, -0.25) is 9.59 Å². The third kappa shape index (κ3) is 3.67. The average Bonchev–Trinajstić information content (AvgIpc) is 2.36. The summed E-state index contributed by atoms with van der Waals surface area (Å²) >= 11 is 0. The summed E-state index contributed by atoms with van der Waals surface area (Å²) < 4.78 is 12.8. The fraction of sp³-hybridized carbons (Fsp3) is 0.385. The lowest BCUT2D eigenvalue weighted by molar-refractivity contribution is -0.131. The standard InChI is InChI=1S/C13H17FN2O3/c1-4-16(3)13(19)8(2)15-12(18)10-6-5-9(14)7-11(10)17/h5-8,17H,4H2,1-3H3,(H,15,18). The number of aromatic hydroxyl groups is 1. The van der Waals surface area contributed by atoms with Crippen molar-refractivity contribution in [1.82, 2.24) is 10.2 Å². The van der Waals surface area contributed by atoms with E-state index in [4.69, 9.17) is 0 Å². The smallest absolute Gasteiger partial charge is 0.255 e. The van der Waals surface area contributed by atoms with E-state index in [1.807, 2.05) is 6.92 Å². The number of rotatable bonds is 4. The van der Waals surface area contributed by atoms with Crippen LogP contribution in [0, 0.1) is 5.82 Å². The molecule has 1 aromatic rings. The first-order chi connectivity index (χ1) is 8.86. The number of hydrogen-bond acceptors (Lipinski definition) is 3. The van der Waals surface area contributed by atoms with Crippen LogP contribution in [0.25, 0.3) is 0 Å². The van der Waals surface area contributed by atoms with Gasteiger partial charge in [-0.15, -0.1) is 0 Å². The molecule has 0 saturated heterocycles. The van der Waals surface area contributed by atoms with Gasteiger partial charge in [0.15, 0.2) is 0 Å². The van der Waals surface area contributed by atoms with Gasteiger partial charge < -0.3 is 15.3 Å². The average molecular weight is 268 g/mol. The first-order valence-corrected chi connectivity index (χ1v) is 5.91. The molecule has 104 valence electrons. The van der Waals surface area contributed by atoms with Crippen molar-refractivity contribution >= 4 is 11.8 Å². The highest BCUT2D eigenvalue weighted by molar-refractivity contribution is 5.99. The summed E-state index contributed by atoms with van der Waals surface area (Å²) in [5.41, 5.74) is -0.0693. The third-order valence-electron chi connectivity index (χ3n) is 2.77. The summed E-state index contributed by atoms with van der Waals surface area (Å²) in [5.74, 6) is -1.95.